The number of hydrogen-bond acceptors (Lipinski definition) is 10. The number of carbonyl (C=O) groups is 2. The van der Waals surface area contributed by atoms with E-state index in [4.69, 9.17) is 9.47 Å². The molecule has 12 heteroatoms. The van der Waals surface area contributed by atoms with Gasteiger partial charge in [-0.25, -0.2) is 13.2 Å². The summed E-state index contributed by atoms with van der Waals surface area (Å²) in [5.74, 6) is -1.17. The fraction of sp³-hybridized carbons (Fsp3) is 0.136. The summed E-state index contributed by atoms with van der Waals surface area (Å²) in [6.45, 7) is 1.45. The number of nitrogens with zero attached hydrogens (tertiary/aromatic N) is 3. The van der Waals surface area contributed by atoms with Crippen molar-refractivity contribution in [2.24, 2.45) is 0 Å². The molecule has 0 aliphatic rings. The van der Waals surface area contributed by atoms with E-state index in [0.29, 0.717) is 22.7 Å². The van der Waals surface area contributed by atoms with Crippen molar-refractivity contribution in [1.29, 1.82) is 5.26 Å². The summed E-state index contributed by atoms with van der Waals surface area (Å²) in [7, 11) is -2.23. The van der Waals surface area contributed by atoms with Gasteiger partial charge < -0.3 is 9.47 Å². The Balaban J connectivity index is 1.78. The number of amides is 1. The number of carbonyl (C=O) groups excluding carboxylic acids is 2. The van der Waals surface area contributed by atoms with E-state index in [1.807, 2.05) is 0 Å². The van der Waals surface area contributed by atoms with Gasteiger partial charge in [0, 0.05) is 11.5 Å². The largest absolute Gasteiger partial charge is 0.493 e. The fourth-order valence-electron chi connectivity index (χ4n) is 2.59. The molecule has 10 nitrogen and oxygen atoms in total. The van der Waals surface area contributed by atoms with Crippen molar-refractivity contribution in [1.82, 2.24) is 9.36 Å². The number of methoxy groups -OCH3 is 1. The minimum atomic E-state index is -3.62. The number of rotatable bonds is 8. The van der Waals surface area contributed by atoms with Crippen LogP contribution in [0.25, 0.3) is 6.08 Å². The Morgan fingerprint density at radius 3 is 2.56 bits per heavy atom. The predicted octanol–water partition coefficient (Wildman–Crippen LogP) is 3.11. The Labute approximate surface area is 199 Å². The number of benzene rings is 2. The van der Waals surface area contributed by atoms with E-state index in [1.165, 1.54) is 38.3 Å². The Bertz CT molecular complexity index is 1390. The van der Waals surface area contributed by atoms with E-state index in [-0.39, 0.29) is 33.1 Å². The second-order valence-electron chi connectivity index (χ2n) is 6.58. The average molecular weight is 499 g/mol. The lowest BCUT2D eigenvalue weighted by molar-refractivity contribution is -0.112. The zero-order valence-electron chi connectivity index (χ0n) is 18.0. The summed E-state index contributed by atoms with van der Waals surface area (Å²) in [5, 5.41) is 11.3. The van der Waals surface area contributed by atoms with Gasteiger partial charge in [0.1, 0.15) is 11.6 Å². The first-order valence-corrected chi connectivity index (χ1v) is 12.1. The summed E-state index contributed by atoms with van der Waals surface area (Å²) in [6, 6.07) is 14.7. The molecule has 0 unspecified atom stereocenters. The SMILES string of the molecule is CCS(=O)(=O)c1nsc(NC(=O)/C(C#N)=C\c2ccc(OC(=O)c3ccccc3)c(OC)c2)n1. The maximum atomic E-state index is 12.5. The Morgan fingerprint density at radius 1 is 1.18 bits per heavy atom. The van der Waals surface area contributed by atoms with Crippen LogP contribution in [0.2, 0.25) is 0 Å². The maximum Gasteiger partial charge on any atom is 0.343 e. The lowest BCUT2D eigenvalue weighted by Gasteiger charge is -2.10. The molecule has 3 rings (SSSR count). The van der Waals surface area contributed by atoms with Gasteiger partial charge in [-0.15, -0.1) is 0 Å². The molecular weight excluding hydrogens is 480 g/mol. The van der Waals surface area contributed by atoms with E-state index < -0.39 is 21.7 Å². The van der Waals surface area contributed by atoms with Crippen molar-refractivity contribution in [3.8, 4) is 17.6 Å². The van der Waals surface area contributed by atoms with Crippen LogP contribution in [0, 0.1) is 11.3 Å². The van der Waals surface area contributed by atoms with Gasteiger partial charge in [0.2, 0.25) is 15.0 Å². The van der Waals surface area contributed by atoms with Gasteiger partial charge in [0.05, 0.1) is 18.4 Å². The molecule has 0 radical (unpaired) electrons. The third-order valence-corrected chi connectivity index (χ3v) is 6.61. The lowest BCUT2D eigenvalue weighted by Crippen LogP contribution is -2.14. The van der Waals surface area contributed by atoms with Crippen LogP contribution in [0.4, 0.5) is 5.13 Å². The highest BCUT2D eigenvalue weighted by molar-refractivity contribution is 7.91. The van der Waals surface area contributed by atoms with E-state index in [1.54, 1.807) is 36.4 Å². The number of ether oxygens (including phenoxy) is 2. The molecule has 0 atom stereocenters. The van der Waals surface area contributed by atoms with Gasteiger partial charge in [-0.2, -0.15) is 14.6 Å². The first-order chi connectivity index (χ1) is 16.3. The van der Waals surface area contributed by atoms with Crippen LogP contribution in [-0.4, -0.2) is 42.5 Å². The highest BCUT2D eigenvalue weighted by atomic mass is 32.2. The van der Waals surface area contributed by atoms with Crippen molar-refractivity contribution in [3.63, 3.8) is 0 Å². The minimum absolute atomic E-state index is 0.0565. The van der Waals surface area contributed by atoms with Crippen LogP contribution < -0.4 is 14.8 Å². The van der Waals surface area contributed by atoms with Gasteiger partial charge >= 0.3 is 5.97 Å². The van der Waals surface area contributed by atoms with Crippen molar-refractivity contribution in [2.45, 2.75) is 12.1 Å². The standard InChI is InChI=1S/C22H18N4O6S2/c1-3-34(29,30)22-25-21(33-26-22)24-19(27)16(13-23)11-14-9-10-17(18(12-14)31-2)32-20(28)15-7-5-4-6-8-15/h4-12H,3H2,1-2H3,(H,24,25,26,27)/b16-11-. The molecule has 3 aromatic rings. The zero-order chi connectivity index (χ0) is 24.7. The van der Waals surface area contributed by atoms with E-state index >= 15 is 0 Å². The summed E-state index contributed by atoms with van der Waals surface area (Å²) in [4.78, 5) is 28.6. The molecule has 0 fully saturated rings. The van der Waals surface area contributed by atoms with Gasteiger partial charge in [-0.1, -0.05) is 31.2 Å². The van der Waals surface area contributed by atoms with Crippen LogP contribution in [0.3, 0.4) is 0 Å². The normalized spacial score (nSPS) is 11.4. The summed E-state index contributed by atoms with van der Waals surface area (Å²) in [5.41, 5.74) is 0.518. The maximum absolute atomic E-state index is 12.5. The van der Waals surface area contributed by atoms with Gasteiger partial charge in [-0.05, 0) is 35.9 Å². The van der Waals surface area contributed by atoms with Crippen LogP contribution in [-0.2, 0) is 14.6 Å². The van der Waals surface area contributed by atoms with E-state index in [9.17, 15) is 23.3 Å². The second-order valence-corrected chi connectivity index (χ2v) is 9.50. The Hall–Kier alpha value is -4.08. The molecule has 0 aliphatic heterocycles. The quantitative estimate of drug-likeness (QED) is 0.214. The first-order valence-electron chi connectivity index (χ1n) is 9.72. The molecular formula is C22H18N4O6S2. The topological polar surface area (TPSA) is 148 Å². The van der Waals surface area contributed by atoms with Crippen LogP contribution in [0.5, 0.6) is 11.5 Å². The molecule has 0 aliphatic carbocycles. The number of sulfone groups is 1. The summed E-state index contributed by atoms with van der Waals surface area (Å²) < 4.78 is 38.0. The fourth-order valence-corrected chi connectivity index (χ4v) is 4.17. The molecule has 2 aromatic carbocycles. The van der Waals surface area contributed by atoms with Gasteiger partial charge in [0.25, 0.3) is 11.1 Å². The highest BCUT2D eigenvalue weighted by Crippen LogP contribution is 2.30. The third-order valence-electron chi connectivity index (χ3n) is 4.36. The first kappa shape index (κ1) is 24.6. The number of aromatic nitrogens is 2. The number of nitrogens with one attached hydrogen (secondary N) is 1. The third kappa shape index (κ3) is 5.83. The molecule has 174 valence electrons. The number of esters is 1. The molecule has 1 heterocycles. The van der Waals surface area contributed by atoms with Gasteiger partial charge in [-0.3, -0.25) is 10.1 Å². The van der Waals surface area contributed by atoms with Crippen molar-refractivity contribution >= 4 is 44.5 Å². The van der Waals surface area contributed by atoms with E-state index in [0.717, 1.165) is 0 Å². The van der Waals surface area contributed by atoms with E-state index in [2.05, 4.69) is 14.7 Å². The summed E-state index contributed by atoms with van der Waals surface area (Å²) in [6.07, 6.45) is 1.30. The van der Waals surface area contributed by atoms with Crippen molar-refractivity contribution < 1.29 is 27.5 Å². The lowest BCUT2D eigenvalue weighted by atomic mass is 10.1. The molecule has 0 spiro atoms. The average Bonchev–Trinajstić information content (AvgIpc) is 3.33. The molecule has 34 heavy (non-hydrogen) atoms. The number of nitriles is 1. The Kier molecular flexibility index (Phi) is 7.72. The van der Waals surface area contributed by atoms with Crippen molar-refractivity contribution in [3.05, 3.63) is 65.2 Å². The molecule has 1 N–H and O–H groups in total. The molecule has 1 aromatic heterocycles. The van der Waals surface area contributed by atoms with Gasteiger partial charge in [0.15, 0.2) is 11.5 Å². The molecule has 0 saturated heterocycles. The number of anilines is 1. The van der Waals surface area contributed by atoms with Crippen molar-refractivity contribution in [2.75, 3.05) is 18.2 Å². The minimum Gasteiger partial charge on any atom is -0.493 e. The molecule has 1 amide bonds. The Morgan fingerprint density at radius 2 is 1.91 bits per heavy atom. The van der Waals surface area contributed by atoms with Crippen LogP contribution >= 0.6 is 11.5 Å². The summed E-state index contributed by atoms with van der Waals surface area (Å²) >= 11 is 0.689. The van der Waals surface area contributed by atoms with Crippen LogP contribution in [0.1, 0.15) is 22.8 Å². The molecule has 0 bridgehead atoms. The molecule has 0 saturated carbocycles. The smallest absolute Gasteiger partial charge is 0.343 e. The second kappa shape index (κ2) is 10.7. The van der Waals surface area contributed by atoms with Crippen LogP contribution in [0.15, 0.2) is 59.3 Å². The predicted molar refractivity (Wildman–Crippen MR) is 124 cm³/mol. The zero-order valence-corrected chi connectivity index (χ0v) is 19.6. The highest BCUT2D eigenvalue weighted by Gasteiger charge is 2.20. The number of hydrogen-bond donors (Lipinski definition) is 1. The monoisotopic (exact) mass is 498 g/mol.